The lowest BCUT2D eigenvalue weighted by Crippen LogP contribution is -2.37. The highest BCUT2D eigenvalue weighted by Crippen LogP contribution is 2.38. The van der Waals surface area contributed by atoms with Crippen molar-refractivity contribution in [2.45, 2.75) is 33.1 Å². The van der Waals surface area contributed by atoms with E-state index in [2.05, 4.69) is 35.5 Å². The van der Waals surface area contributed by atoms with Crippen LogP contribution in [0.1, 0.15) is 32.4 Å². The van der Waals surface area contributed by atoms with Gasteiger partial charge in [0.05, 0.1) is 21.8 Å². The fourth-order valence-electron chi connectivity index (χ4n) is 4.54. The van der Waals surface area contributed by atoms with Crippen LogP contribution in [0.3, 0.4) is 0 Å². The Bertz CT molecular complexity index is 1470. The van der Waals surface area contributed by atoms with Crippen molar-refractivity contribution in [1.82, 2.24) is 30.2 Å². The van der Waals surface area contributed by atoms with Crippen LogP contribution in [0.25, 0.3) is 32.7 Å². The first kappa shape index (κ1) is 25.5. The number of amides is 2. The molecule has 0 radical (unpaired) electrons. The highest BCUT2D eigenvalue weighted by atomic mass is 32.1. The maximum atomic E-state index is 12.1. The number of carbonyl (C=O) groups is 2. The van der Waals surface area contributed by atoms with Crippen molar-refractivity contribution in [2.75, 3.05) is 29.9 Å². The summed E-state index contributed by atoms with van der Waals surface area (Å²) >= 11 is 1.37. The lowest BCUT2D eigenvalue weighted by Gasteiger charge is -2.30. The number of carboxylic acid groups (broad SMARTS) is 1. The second kappa shape index (κ2) is 11.1. The molecule has 0 bridgehead atoms. The summed E-state index contributed by atoms with van der Waals surface area (Å²) in [6.45, 7) is 5.63. The molecule has 11 nitrogen and oxygen atoms in total. The number of aryl methyl sites for hydroxylation is 1. The molecule has 196 valence electrons. The van der Waals surface area contributed by atoms with Crippen LogP contribution in [0.15, 0.2) is 36.8 Å². The van der Waals surface area contributed by atoms with Crippen LogP contribution >= 0.6 is 11.3 Å². The normalized spacial score (nSPS) is 14.0. The van der Waals surface area contributed by atoms with Gasteiger partial charge in [0.1, 0.15) is 0 Å². The quantitative estimate of drug-likeness (QED) is 0.318. The topological polar surface area (TPSA) is 146 Å². The molecule has 0 spiro atoms. The van der Waals surface area contributed by atoms with Gasteiger partial charge in [-0.15, -0.1) is 0 Å². The number of hydrogen-bond acceptors (Lipinski definition) is 9. The van der Waals surface area contributed by atoms with Crippen molar-refractivity contribution in [3.8, 4) is 22.5 Å². The number of carboxylic acids is 1. The minimum Gasteiger partial charge on any atom is -0.481 e. The van der Waals surface area contributed by atoms with E-state index in [1.165, 1.54) is 11.3 Å². The number of benzene rings is 1. The molecule has 1 aromatic carbocycles. The molecule has 4 aromatic rings. The summed E-state index contributed by atoms with van der Waals surface area (Å²) in [4.78, 5) is 48.6. The Morgan fingerprint density at radius 1 is 1.08 bits per heavy atom. The van der Waals surface area contributed by atoms with Gasteiger partial charge in [-0.25, -0.2) is 29.7 Å². The van der Waals surface area contributed by atoms with Crippen LogP contribution < -0.4 is 15.5 Å². The Labute approximate surface area is 223 Å². The van der Waals surface area contributed by atoms with Crippen LogP contribution in [0.2, 0.25) is 0 Å². The van der Waals surface area contributed by atoms with Crippen LogP contribution in [-0.2, 0) is 11.2 Å². The number of piperidine rings is 1. The summed E-state index contributed by atoms with van der Waals surface area (Å²) in [5.41, 5.74) is 4.15. The van der Waals surface area contributed by atoms with Crippen LogP contribution in [0.5, 0.6) is 0 Å². The number of aliphatic carboxylic acids is 1. The standard InChI is InChI=1S/C26H28N8O3S/c1-3-19-18(14-30-24(31-19)34-10-6-15(7-11-34)23(35)36)16-12-17(22-28-8-5-9-29-22)21-20(13-16)32-26(38-21)33-25(37)27-4-2/h5,8-9,12-15H,3-4,6-7,10-11H2,1-2H3,(H,35,36)(H2,27,32,33,37). The molecule has 12 heteroatoms. The number of anilines is 2. The molecular formula is C26H28N8O3S. The number of aromatic nitrogens is 5. The van der Waals surface area contributed by atoms with E-state index in [0.29, 0.717) is 61.3 Å². The molecule has 0 aliphatic carbocycles. The van der Waals surface area contributed by atoms with E-state index in [9.17, 15) is 14.7 Å². The molecule has 0 unspecified atom stereocenters. The fourth-order valence-corrected chi connectivity index (χ4v) is 5.49. The summed E-state index contributed by atoms with van der Waals surface area (Å²) < 4.78 is 0.864. The molecule has 1 fully saturated rings. The predicted octanol–water partition coefficient (Wildman–Crippen LogP) is 4.22. The van der Waals surface area contributed by atoms with Crippen molar-refractivity contribution in [3.63, 3.8) is 0 Å². The van der Waals surface area contributed by atoms with E-state index in [1.54, 1.807) is 18.5 Å². The van der Waals surface area contributed by atoms with Gasteiger partial charge in [0, 0.05) is 49.4 Å². The monoisotopic (exact) mass is 532 g/mol. The number of hydrogen-bond donors (Lipinski definition) is 3. The van der Waals surface area contributed by atoms with Gasteiger partial charge < -0.3 is 15.3 Å². The SMILES string of the molecule is CCNC(=O)Nc1nc2cc(-c3cnc(N4CCC(C(=O)O)CC4)nc3CC)cc(-c3ncccn3)c2s1. The third-order valence-corrected chi connectivity index (χ3v) is 7.50. The number of fused-ring (bicyclic) bond motifs is 1. The van der Waals surface area contributed by atoms with Gasteiger partial charge in [0.2, 0.25) is 5.95 Å². The van der Waals surface area contributed by atoms with Gasteiger partial charge in [-0.05, 0) is 49.9 Å². The smallest absolute Gasteiger partial charge is 0.321 e. The minimum atomic E-state index is -0.741. The van der Waals surface area contributed by atoms with Crippen molar-refractivity contribution in [1.29, 1.82) is 0 Å². The van der Waals surface area contributed by atoms with Crippen molar-refractivity contribution < 1.29 is 14.7 Å². The van der Waals surface area contributed by atoms with Gasteiger partial charge >= 0.3 is 12.0 Å². The Hall–Kier alpha value is -4.19. The van der Waals surface area contributed by atoms with Crippen molar-refractivity contribution in [3.05, 3.63) is 42.5 Å². The molecule has 1 aliphatic rings. The summed E-state index contributed by atoms with van der Waals surface area (Å²) in [5, 5.41) is 15.3. The molecule has 1 saturated heterocycles. The molecule has 0 saturated carbocycles. The summed E-state index contributed by atoms with van der Waals surface area (Å²) in [6, 6.07) is 5.44. The first-order valence-electron chi connectivity index (χ1n) is 12.6. The van der Waals surface area contributed by atoms with Gasteiger partial charge in [0.25, 0.3) is 0 Å². The van der Waals surface area contributed by atoms with Gasteiger partial charge in [0.15, 0.2) is 11.0 Å². The number of carbonyl (C=O) groups excluding carboxylic acids is 1. The Kier molecular flexibility index (Phi) is 7.40. The second-order valence-electron chi connectivity index (χ2n) is 8.93. The first-order valence-corrected chi connectivity index (χ1v) is 13.4. The Morgan fingerprint density at radius 3 is 2.53 bits per heavy atom. The molecule has 0 atom stereocenters. The molecule has 4 heterocycles. The number of nitrogens with zero attached hydrogens (tertiary/aromatic N) is 6. The second-order valence-corrected chi connectivity index (χ2v) is 9.93. The lowest BCUT2D eigenvalue weighted by atomic mass is 9.97. The van der Waals surface area contributed by atoms with E-state index in [4.69, 9.17) is 4.98 Å². The van der Waals surface area contributed by atoms with Crippen LogP contribution in [0.4, 0.5) is 15.9 Å². The predicted molar refractivity (Wildman–Crippen MR) is 146 cm³/mol. The zero-order chi connectivity index (χ0) is 26.6. The zero-order valence-electron chi connectivity index (χ0n) is 21.1. The molecule has 1 aliphatic heterocycles. The average molecular weight is 533 g/mol. The number of rotatable bonds is 7. The zero-order valence-corrected chi connectivity index (χ0v) is 22.0. The molecule has 3 N–H and O–H groups in total. The molecular weight excluding hydrogens is 504 g/mol. The van der Waals surface area contributed by atoms with Crippen molar-refractivity contribution in [2.24, 2.45) is 5.92 Å². The van der Waals surface area contributed by atoms with E-state index in [-0.39, 0.29) is 11.9 Å². The van der Waals surface area contributed by atoms with Crippen molar-refractivity contribution >= 4 is 44.6 Å². The highest BCUT2D eigenvalue weighted by molar-refractivity contribution is 7.22. The van der Waals surface area contributed by atoms with Crippen LogP contribution in [-0.4, -0.2) is 61.7 Å². The maximum absolute atomic E-state index is 12.1. The number of urea groups is 1. The third-order valence-electron chi connectivity index (χ3n) is 6.48. The van der Waals surface area contributed by atoms with E-state index < -0.39 is 5.97 Å². The summed E-state index contributed by atoms with van der Waals surface area (Å²) in [6.07, 6.45) is 7.05. The third kappa shape index (κ3) is 5.25. The summed E-state index contributed by atoms with van der Waals surface area (Å²) in [5.74, 6) is 0.121. The molecule has 38 heavy (non-hydrogen) atoms. The summed E-state index contributed by atoms with van der Waals surface area (Å²) in [7, 11) is 0. The average Bonchev–Trinajstić information content (AvgIpc) is 3.35. The maximum Gasteiger partial charge on any atom is 0.321 e. The van der Waals surface area contributed by atoms with E-state index >= 15 is 0 Å². The van der Waals surface area contributed by atoms with Crippen LogP contribution in [0, 0.1) is 5.92 Å². The molecule has 5 rings (SSSR count). The van der Waals surface area contributed by atoms with Gasteiger partial charge in [-0.2, -0.15) is 0 Å². The van der Waals surface area contributed by atoms with E-state index in [0.717, 1.165) is 27.1 Å². The van der Waals surface area contributed by atoms with Gasteiger partial charge in [-0.1, -0.05) is 18.3 Å². The highest BCUT2D eigenvalue weighted by Gasteiger charge is 2.26. The lowest BCUT2D eigenvalue weighted by molar-refractivity contribution is -0.142. The number of nitrogens with one attached hydrogen (secondary N) is 2. The van der Waals surface area contributed by atoms with E-state index in [1.807, 2.05) is 32.2 Å². The first-order chi connectivity index (χ1) is 18.5. The fraction of sp³-hybridized carbons (Fsp3) is 0.346. The Morgan fingerprint density at radius 2 is 1.84 bits per heavy atom. The minimum absolute atomic E-state index is 0.311. The Balaban J connectivity index is 1.53. The largest absolute Gasteiger partial charge is 0.481 e. The molecule has 2 amide bonds. The molecule has 3 aromatic heterocycles. The van der Waals surface area contributed by atoms with Gasteiger partial charge in [-0.3, -0.25) is 10.1 Å². The number of thiazole rings is 1.